The van der Waals surface area contributed by atoms with E-state index in [4.69, 9.17) is 0 Å². The number of sulfonamides is 1. The van der Waals surface area contributed by atoms with Crippen molar-refractivity contribution in [2.45, 2.75) is 24.2 Å². The number of halogens is 1. The normalized spacial score (nSPS) is 15.7. The van der Waals surface area contributed by atoms with Gasteiger partial charge in [-0.2, -0.15) is 0 Å². The third kappa shape index (κ3) is 5.40. The Morgan fingerprint density at radius 2 is 1.67 bits per heavy atom. The highest BCUT2D eigenvalue weighted by atomic mass is 79.9. The minimum Gasteiger partial charge on any atom is -0.339 e. The van der Waals surface area contributed by atoms with Gasteiger partial charge in [0.15, 0.2) is 0 Å². The Hall–Kier alpha value is -1.70. The van der Waals surface area contributed by atoms with Crippen LogP contribution in [0, 0.1) is 5.92 Å². The second kappa shape index (κ2) is 8.99. The summed E-state index contributed by atoms with van der Waals surface area (Å²) in [6.45, 7) is 1.85. The molecule has 0 saturated carbocycles. The van der Waals surface area contributed by atoms with Crippen molar-refractivity contribution >= 4 is 31.9 Å². The van der Waals surface area contributed by atoms with Gasteiger partial charge < -0.3 is 4.90 Å². The van der Waals surface area contributed by atoms with Crippen LogP contribution >= 0.6 is 15.9 Å². The standard InChI is InChI=1S/C20H23BrN2O3S/c21-18-6-8-19(9-7-18)27(25,26)22-13-10-16-11-14-23(15-12-16)20(24)17-4-2-1-3-5-17/h1-9,16,22H,10-15H2. The van der Waals surface area contributed by atoms with E-state index >= 15 is 0 Å². The number of carbonyl (C=O) groups is 1. The van der Waals surface area contributed by atoms with Crippen LogP contribution in [0.25, 0.3) is 0 Å². The zero-order valence-electron chi connectivity index (χ0n) is 15.0. The van der Waals surface area contributed by atoms with E-state index in [1.807, 2.05) is 35.2 Å². The van der Waals surface area contributed by atoms with Gasteiger partial charge in [-0.1, -0.05) is 34.1 Å². The topological polar surface area (TPSA) is 66.5 Å². The molecule has 2 aromatic carbocycles. The average Bonchev–Trinajstić information content (AvgIpc) is 2.69. The van der Waals surface area contributed by atoms with Crippen LogP contribution < -0.4 is 4.72 Å². The Balaban J connectivity index is 1.44. The number of nitrogens with one attached hydrogen (secondary N) is 1. The lowest BCUT2D eigenvalue weighted by Crippen LogP contribution is -2.39. The van der Waals surface area contributed by atoms with Gasteiger partial charge in [-0.3, -0.25) is 4.79 Å². The van der Waals surface area contributed by atoms with Crippen molar-refractivity contribution in [1.82, 2.24) is 9.62 Å². The van der Waals surface area contributed by atoms with Crippen molar-refractivity contribution in [2.75, 3.05) is 19.6 Å². The summed E-state index contributed by atoms with van der Waals surface area (Å²) in [5.41, 5.74) is 0.721. The van der Waals surface area contributed by atoms with Crippen molar-refractivity contribution in [3.8, 4) is 0 Å². The van der Waals surface area contributed by atoms with E-state index in [0.717, 1.165) is 42.4 Å². The number of benzene rings is 2. The van der Waals surface area contributed by atoms with Crippen molar-refractivity contribution in [2.24, 2.45) is 5.92 Å². The predicted molar refractivity (Wildman–Crippen MR) is 109 cm³/mol. The van der Waals surface area contributed by atoms with Gasteiger partial charge in [0, 0.05) is 29.7 Å². The Morgan fingerprint density at radius 1 is 1.04 bits per heavy atom. The molecule has 0 spiro atoms. The van der Waals surface area contributed by atoms with E-state index in [1.165, 1.54) is 0 Å². The first-order chi connectivity index (χ1) is 13.0. The van der Waals surface area contributed by atoms with Crippen LogP contribution in [0.15, 0.2) is 64.0 Å². The molecule has 1 aliphatic rings. The summed E-state index contributed by atoms with van der Waals surface area (Å²) in [5, 5.41) is 0. The molecule has 7 heteroatoms. The first-order valence-electron chi connectivity index (χ1n) is 9.05. The van der Waals surface area contributed by atoms with Gasteiger partial charge in [0.05, 0.1) is 4.90 Å². The largest absolute Gasteiger partial charge is 0.339 e. The van der Waals surface area contributed by atoms with Gasteiger partial charge in [-0.15, -0.1) is 0 Å². The van der Waals surface area contributed by atoms with Crippen LogP contribution in [-0.4, -0.2) is 38.9 Å². The van der Waals surface area contributed by atoms with Gasteiger partial charge in [0.1, 0.15) is 0 Å². The Morgan fingerprint density at radius 3 is 2.30 bits per heavy atom. The Kier molecular flexibility index (Phi) is 6.68. The Labute approximate surface area is 169 Å². The zero-order valence-corrected chi connectivity index (χ0v) is 17.4. The summed E-state index contributed by atoms with van der Waals surface area (Å²) in [7, 11) is -3.47. The molecule has 3 rings (SSSR count). The van der Waals surface area contributed by atoms with Crippen molar-refractivity contribution in [3.05, 3.63) is 64.6 Å². The first-order valence-corrected chi connectivity index (χ1v) is 11.3. The first kappa shape index (κ1) is 20.0. The van der Waals surface area contributed by atoms with Crippen molar-refractivity contribution in [1.29, 1.82) is 0 Å². The molecule has 0 aliphatic carbocycles. The number of piperidine rings is 1. The summed E-state index contributed by atoms with van der Waals surface area (Å²) in [6.07, 6.45) is 2.58. The van der Waals surface area contributed by atoms with Gasteiger partial charge in [-0.05, 0) is 61.6 Å². The molecular formula is C20H23BrN2O3S. The van der Waals surface area contributed by atoms with Crippen LogP contribution in [0.3, 0.4) is 0 Å². The summed E-state index contributed by atoms with van der Waals surface area (Å²) in [5.74, 6) is 0.502. The fourth-order valence-corrected chi connectivity index (χ4v) is 4.59. The quantitative estimate of drug-likeness (QED) is 0.729. The van der Waals surface area contributed by atoms with Crippen LogP contribution in [0.5, 0.6) is 0 Å². The highest BCUT2D eigenvalue weighted by Crippen LogP contribution is 2.22. The maximum atomic E-state index is 12.5. The van der Waals surface area contributed by atoms with Crippen molar-refractivity contribution < 1.29 is 13.2 Å². The molecule has 0 bridgehead atoms. The molecule has 1 N–H and O–H groups in total. The molecule has 144 valence electrons. The number of rotatable bonds is 6. The maximum Gasteiger partial charge on any atom is 0.253 e. The summed E-state index contributed by atoms with van der Waals surface area (Å²) >= 11 is 3.30. The molecule has 0 atom stereocenters. The Bertz CT molecular complexity index is 862. The summed E-state index contributed by atoms with van der Waals surface area (Å²) in [4.78, 5) is 14.6. The zero-order chi connectivity index (χ0) is 19.3. The van der Waals surface area contributed by atoms with Gasteiger partial charge in [0.2, 0.25) is 10.0 Å². The number of likely N-dealkylation sites (tertiary alicyclic amines) is 1. The second-order valence-electron chi connectivity index (χ2n) is 6.74. The fourth-order valence-electron chi connectivity index (χ4n) is 3.28. The van der Waals surface area contributed by atoms with E-state index < -0.39 is 10.0 Å². The lowest BCUT2D eigenvalue weighted by molar-refractivity contribution is 0.0687. The van der Waals surface area contributed by atoms with Gasteiger partial charge >= 0.3 is 0 Å². The van der Waals surface area contributed by atoms with E-state index in [0.29, 0.717) is 12.5 Å². The number of nitrogens with zero attached hydrogens (tertiary/aromatic N) is 1. The predicted octanol–water partition coefficient (Wildman–Crippen LogP) is 3.67. The molecule has 2 aromatic rings. The van der Waals surface area contributed by atoms with E-state index in [9.17, 15) is 13.2 Å². The highest BCUT2D eigenvalue weighted by Gasteiger charge is 2.24. The van der Waals surface area contributed by atoms with Crippen LogP contribution in [0.1, 0.15) is 29.6 Å². The molecule has 27 heavy (non-hydrogen) atoms. The third-order valence-corrected chi connectivity index (χ3v) is 6.90. The molecule has 1 fully saturated rings. The van der Waals surface area contributed by atoms with E-state index in [1.54, 1.807) is 24.3 Å². The minimum absolute atomic E-state index is 0.0741. The summed E-state index contributed by atoms with van der Waals surface area (Å²) in [6, 6.07) is 15.9. The van der Waals surface area contributed by atoms with Gasteiger partial charge in [-0.25, -0.2) is 13.1 Å². The lowest BCUT2D eigenvalue weighted by atomic mass is 9.93. The third-order valence-electron chi connectivity index (χ3n) is 4.89. The minimum atomic E-state index is -3.47. The van der Waals surface area contributed by atoms with Crippen LogP contribution in [0.4, 0.5) is 0 Å². The van der Waals surface area contributed by atoms with Gasteiger partial charge in [0.25, 0.3) is 5.91 Å². The monoisotopic (exact) mass is 450 g/mol. The van der Waals surface area contributed by atoms with Crippen LogP contribution in [-0.2, 0) is 10.0 Å². The van der Waals surface area contributed by atoms with E-state index in [2.05, 4.69) is 20.7 Å². The number of hydrogen-bond acceptors (Lipinski definition) is 3. The number of hydrogen-bond donors (Lipinski definition) is 1. The smallest absolute Gasteiger partial charge is 0.253 e. The second-order valence-corrected chi connectivity index (χ2v) is 9.42. The molecule has 1 saturated heterocycles. The SMILES string of the molecule is O=C(c1ccccc1)N1CCC(CCNS(=O)(=O)c2ccc(Br)cc2)CC1. The fraction of sp³-hybridized carbons (Fsp3) is 0.350. The average molecular weight is 451 g/mol. The van der Waals surface area contributed by atoms with Crippen LogP contribution in [0.2, 0.25) is 0 Å². The molecule has 0 radical (unpaired) electrons. The molecular weight excluding hydrogens is 428 g/mol. The molecule has 1 aliphatic heterocycles. The molecule has 1 amide bonds. The molecule has 1 heterocycles. The number of carbonyl (C=O) groups excluding carboxylic acids is 1. The molecule has 5 nitrogen and oxygen atoms in total. The van der Waals surface area contributed by atoms with Crippen molar-refractivity contribution in [3.63, 3.8) is 0 Å². The lowest BCUT2D eigenvalue weighted by Gasteiger charge is -2.32. The highest BCUT2D eigenvalue weighted by molar-refractivity contribution is 9.10. The number of amides is 1. The van der Waals surface area contributed by atoms with E-state index in [-0.39, 0.29) is 10.8 Å². The maximum absolute atomic E-state index is 12.5. The molecule has 0 unspecified atom stereocenters. The molecule has 0 aromatic heterocycles. The summed E-state index contributed by atoms with van der Waals surface area (Å²) < 4.78 is 28.1.